The molecule has 2 atom stereocenters. The van der Waals surface area contributed by atoms with Gasteiger partial charge < -0.3 is 16.0 Å². The minimum absolute atomic E-state index is 0.0802. The number of hydrogen-bond donors (Lipinski definition) is 3. The van der Waals surface area contributed by atoms with Gasteiger partial charge in [-0.05, 0) is 18.2 Å². The lowest BCUT2D eigenvalue weighted by molar-refractivity contribution is -0.123. The predicted octanol–water partition coefficient (Wildman–Crippen LogP) is 2.98. The molecule has 1 aliphatic rings. The molecule has 1 saturated heterocycles. The second-order valence-corrected chi connectivity index (χ2v) is 6.39. The summed E-state index contributed by atoms with van der Waals surface area (Å²) in [5.74, 6) is -4.43. The van der Waals surface area contributed by atoms with Crippen LogP contribution in [0.5, 0.6) is 0 Å². The highest BCUT2D eigenvalue weighted by Gasteiger charge is 2.32. The number of pyridine rings is 1. The minimum Gasteiger partial charge on any atom is -0.342 e. The Balaban J connectivity index is 2.05. The van der Waals surface area contributed by atoms with Crippen molar-refractivity contribution < 1.29 is 31.5 Å². The highest BCUT2D eigenvalue weighted by molar-refractivity contribution is 6.31. The van der Waals surface area contributed by atoms with Crippen molar-refractivity contribution in [3.63, 3.8) is 0 Å². The summed E-state index contributed by atoms with van der Waals surface area (Å²) in [6.45, 7) is -0.0802. The molecule has 2 heterocycles. The van der Waals surface area contributed by atoms with Gasteiger partial charge in [0, 0.05) is 12.1 Å². The Kier molecular flexibility index (Phi) is 5.87. The molecule has 0 bridgehead atoms. The summed E-state index contributed by atoms with van der Waals surface area (Å²) >= 11 is 5.57. The van der Waals surface area contributed by atoms with E-state index in [2.05, 4.69) is 20.9 Å². The molecule has 12 heteroatoms. The van der Waals surface area contributed by atoms with Crippen molar-refractivity contribution >= 4 is 23.5 Å². The average Bonchev–Trinajstić information content (AvgIpc) is 3.11. The maximum absolute atomic E-state index is 14.6. The van der Waals surface area contributed by atoms with Crippen LogP contribution in [0.25, 0.3) is 0 Å². The molecule has 29 heavy (non-hydrogen) atoms. The van der Waals surface area contributed by atoms with E-state index < -0.39 is 58.6 Å². The number of halogens is 6. The van der Waals surface area contributed by atoms with Crippen molar-refractivity contribution in [3.05, 3.63) is 63.7 Å². The van der Waals surface area contributed by atoms with Crippen LogP contribution in [0.3, 0.4) is 0 Å². The van der Waals surface area contributed by atoms with Gasteiger partial charge in [-0.25, -0.2) is 31.7 Å². The first-order chi connectivity index (χ1) is 13.7. The Bertz CT molecular complexity index is 975. The summed E-state index contributed by atoms with van der Waals surface area (Å²) in [5.41, 5.74) is -1.93. The number of nitrogens with one attached hydrogen (secondary N) is 3. The van der Waals surface area contributed by atoms with E-state index in [1.807, 2.05) is 0 Å². The number of amides is 3. The van der Waals surface area contributed by atoms with Crippen LogP contribution in [0.2, 0.25) is 5.02 Å². The van der Waals surface area contributed by atoms with Crippen molar-refractivity contribution in [3.8, 4) is 0 Å². The fraction of sp³-hybridized carbons (Fsp3) is 0.235. The molecule has 0 aliphatic carbocycles. The lowest BCUT2D eigenvalue weighted by Crippen LogP contribution is -2.44. The van der Waals surface area contributed by atoms with E-state index >= 15 is 0 Å². The zero-order chi connectivity index (χ0) is 21.3. The largest absolute Gasteiger partial charge is 0.342 e. The SMILES string of the molecule is O=C1NC[C@@H](C(=O)NC(c2ccc(F)c(C(F)F)n2)c2ccc(F)c(Cl)c2F)N1. The second kappa shape index (κ2) is 8.19. The quantitative estimate of drug-likeness (QED) is 0.500. The maximum atomic E-state index is 14.6. The van der Waals surface area contributed by atoms with E-state index in [0.717, 1.165) is 18.2 Å². The molecule has 1 fully saturated rings. The summed E-state index contributed by atoms with van der Waals surface area (Å²) in [6, 6.07) is 0.239. The van der Waals surface area contributed by atoms with Crippen LogP contribution < -0.4 is 16.0 Å². The molecule has 1 aromatic heterocycles. The van der Waals surface area contributed by atoms with Gasteiger partial charge in [0.15, 0.2) is 5.82 Å². The Hall–Kier alpha value is -2.95. The Labute approximate surface area is 165 Å². The van der Waals surface area contributed by atoms with Crippen LogP contribution in [0.15, 0.2) is 24.3 Å². The third-order valence-corrected chi connectivity index (χ3v) is 4.49. The third-order valence-electron chi connectivity index (χ3n) is 4.15. The molecule has 154 valence electrons. The summed E-state index contributed by atoms with van der Waals surface area (Å²) in [6.07, 6.45) is -3.27. The molecule has 1 aromatic carbocycles. The number of nitrogens with zero attached hydrogens (tertiary/aromatic N) is 1. The number of alkyl halides is 2. The molecule has 0 radical (unpaired) electrons. The highest BCUT2D eigenvalue weighted by Crippen LogP contribution is 2.31. The highest BCUT2D eigenvalue weighted by atomic mass is 35.5. The number of urea groups is 1. The van der Waals surface area contributed by atoms with Crippen LogP contribution in [-0.2, 0) is 4.79 Å². The predicted molar refractivity (Wildman–Crippen MR) is 90.8 cm³/mol. The average molecular weight is 435 g/mol. The van der Waals surface area contributed by atoms with Gasteiger partial charge in [0.25, 0.3) is 6.43 Å². The number of aromatic nitrogens is 1. The van der Waals surface area contributed by atoms with Crippen molar-refractivity contribution in [2.24, 2.45) is 0 Å². The summed E-state index contributed by atoms with van der Waals surface area (Å²) in [5, 5.41) is 6.10. The molecule has 2 aromatic rings. The third kappa shape index (κ3) is 4.24. The van der Waals surface area contributed by atoms with Gasteiger partial charge in [0.1, 0.15) is 28.4 Å². The van der Waals surface area contributed by atoms with Crippen LogP contribution in [0.1, 0.15) is 29.4 Å². The first-order valence-corrected chi connectivity index (χ1v) is 8.49. The fourth-order valence-electron chi connectivity index (χ4n) is 2.72. The molecule has 1 unspecified atom stereocenters. The lowest BCUT2D eigenvalue weighted by Gasteiger charge is -2.22. The van der Waals surface area contributed by atoms with Gasteiger partial charge in [-0.2, -0.15) is 0 Å². The molecule has 1 aliphatic heterocycles. The van der Waals surface area contributed by atoms with E-state index in [9.17, 15) is 31.5 Å². The van der Waals surface area contributed by atoms with E-state index in [-0.39, 0.29) is 17.8 Å². The number of benzene rings is 1. The first kappa shape index (κ1) is 20.8. The molecular weight excluding hydrogens is 423 g/mol. The zero-order valence-electron chi connectivity index (χ0n) is 14.3. The maximum Gasteiger partial charge on any atom is 0.315 e. The number of carbonyl (C=O) groups excluding carboxylic acids is 2. The van der Waals surface area contributed by atoms with Crippen LogP contribution >= 0.6 is 11.6 Å². The van der Waals surface area contributed by atoms with E-state index in [4.69, 9.17) is 11.6 Å². The number of hydrogen-bond acceptors (Lipinski definition) is 3. The minimum atomic E-state index is -3.27. The smallest absolute Gasteiger partial charge is 0.315 e. The molecule has 3 rings (SSSR count). The molecule has 0 spiro atoms. The Morgan fingerprint density at radius 3 is 2.48 bits per heavy atom. The van der Waals surface area contributed by atoms with Gasteiger partial charge in [-0.3, -0.25) is 4.79 Å². The van der Waals surface area contributed by atoms with Gasteiger partial charge in [-0.15, -0.1) is 0 Å². The second-order valence-electron chi connectivity index (χ2n) is 6.02. The number of carbonyl (C=O) groups is 2. The van der Waals surface area contributed by atoms with E-state index in [0.29, 0.717) is 6.07 Å². The van der Waals surface area contributed by atoms with Gasteiger partial charge in [-0.1, -0.05) is 17.7 Å². The topological polar surface area (TPSA) is 83.1 Å². The van der Waals surface area contributed by atoms with E-state index in [1.165, 1.54) is 0 Å². The van der Waals surface area contributed by atoms with Gasteiger partial charge >= 0.3 is 6.03 Å². The summed E-state index contributed by atoms with van der Waals surface area (Å²) < 4.78 is 67.8. The van der Waals surface area contributed by atoms with Crippen molar-refractivity contribution in [2.45, 2.75) is 18.5 Å². The van der Waals surface area contributed by atoms with Crippen LogP contribution in [0, 0.1) is 17.5 Å². The first-order valence-electron chi connectivity index (χ1n) is 8.11. The van der Waals surface area contributed by atoms with Crippen molar-refractivity contribution in [1.29, 1.82) is 0 Å². The van der Waals surface area contributed by atoms with Crippen molar-refractivity contribution in [2.75, 3.05) is 6.54 Å². The van der Waals surface area contributed by atoms with Crippen LogP contribution in [0.4, 0.5) is 26.7 Å². The van der Waals surface area contributed by atoms with Crippen molar-refractivity contribution in [1.82, 2.24) is 20.9 Å². The molecule has 0 saturated carbocycles. The monoisotopic (exact) mass is 434 g/mol. The standard InChI is InChI=1S/C17H12ClF5N4O2/c18-11-7(19)2-1-6(12(11)21)13(27-16(28)10-5-24-17(29)26-10)9-4-3-8(20)14(25-9)15(22)23/h1-4,10,13,15H,5H2,(H,27,28)(H2,24,26,29)/t10-,13?/m0/s1. The Morgan fingerprint density at radius 1 is 1.17 bits per heavy atom. The molecule has 3 N–H and O–H groups in total. The van der Waals surface area contributed by atoms with Gasteiger partial charge in [0.2, 0.25) is 5.91 Å². The Morgan fingerprint density at radius 2 is 1.86 bits per heavy atom. The summed E-state index contributed by atoms with van der Waals surface area (Å²) in [7, 11) is 0. The normalized spacial score (nSPS) is 17.1. The lowest BCUT2D eigenvalue weighted by atomic mass is 10.0. The molecular formula is C17H12ClF5N4O2. The molecule has 3 amide bonds. The van der Waals surface area contributed by atoms with Gasteiger partial charge in [0.05, 0.1) is 11.7 Å². The van der Waals surface area contributed by atoms with E-state index in [1.54, 1.807) is 0 Å². The molecule has 6 nitrogen and oxygen atoms in total. The van der Waals surface area contributed by atoms with Crippen LogP contribution in [-0.4, -0.2) is 29.5 Å². The fourth-order valence-corrected chi connectivity index (χ4v) is 2.89. The zero-order valence-corrected chi connectivity index (χ0v) is 15.0. The number of rotatable bonds is 5. The summed E-state index contributed by atoms with van der Waals surface area (Å²) in [4.78, 5) is 27.2.